The summed E-state index contributed by atoms with van der Waals surface area (Å²) in [5, 5.41) is 19.7. The molecule has 0 saturated heterocycles. The first kappa shape index (κ1) is 15.2. The summed E-state index contributed by atoms with van der Waals surface area (Å²) in [7, 11) is -1.42. The van der Waals surface area contributed by atoms with Crippen molar-refractivity contribution in [1.82, 2.24) is 0 Å². The maximum atomic E-state index is 10.3. The van der Waals surface area contributed by atoms with Gasteiger partial charge in [0.1, 0.15) is 0 Å². The molecule has 0 aliphatic heterocycles. The third kappa shape index (κ3) is 4.43. The second-order valence-electron chi connectivity index (χ2n) is 7.58. The molecule has 0 saturated carbocycles. The van der Waals surface area contributed by atoms with Crippen LogP contribution in [-0.2, 0) is 0 Å². The van der Waals surface area contributed by atoms with Gasteiger partial charge in [-0.2, -0.15) is 5.26 Å². The van der Waals surface area contributed by atoms with Gasteiger partial charge in [-0.15, -0.1) is 0 Å². The molecule has 0 bridgehead atoms. The maximum absolute atomic E-state index is 10.3. The fourth-order valence-corrected chi connectivity index (χ4v) is 3.94. The molecule has 1 unspecified atom stereocenters. The monoisotopic (exact) mass is 263 g/mol. The van der Waals surface area contributed by atoms with E-state index in [1.165, 1.54) is 0 Å². The van der Waals surface area contributed by atoms with Gasteiger partial charge in [0, 0.05) is 5.57 Å². The van der Waals surface area contributed by atoms with Crippen LogP contribution < -0.4 is 0 Å². The van der Waals surface area contributed by atoms with E-state index in [9.17, 15) is 10.4 Å². The number of hydrogen-bond donors (Lipinski definition) is 1. The molecule has 3 heteroatoms. The largest absolute Gasteiger partial charge is 0.386 e. The van der Waals surface area contributed by atoms with Gasteiger partial charge in [0.05, 0.1) is 19.7 Å². The van der Waals surface area contributed by atoms with Crippen molar-refractivity contribution in [2.75, 3.05) is 0 Å². The average Bonchev–Trinajstić information content (AvgIpc) is 2.07. The minimum absolute atomic E-state index is 0.0446. The van der Waals surface area contributed by atoms with E-state index < -0.39 is 13.7 Å². The summed E-state index contributed by atoms with van der Waals surface area (Å²) in [4.78, 5) is 0. The molecule has 1 aliphatic carbocycles. The molecule has 0 heterocycles. The Morgan fingerprint density at radius 2 is 1.94 bits per heavy atom. The predicted octanol–water partition coefficient (Wildman–Crippen LogP) is 3.81. The van der Waals surface area contributed by atoms with Gasteiger partial charge in [0.15, 0.2) is 0 Å². The van der Waals surface area contributed by atoms with Crippen molar-refractivity contribution >= 4 is 8.07 Å². The molecule has 18 heavy (non-hydrogen) atoms. The summed E-state index contributed by atoms with van der Waals surface area (Å²) in [6.07, 6.45) is 3.50. The van der Waals surface area contributed by atoms with Crippen LogP contribution in [0.25, 0.3) is 0 Å². The molecule has 0 aromatic heterocycles. The first-order chi connectivity index (χ1) is 7.94. The molecular weight excluding hydrogens is 238 g/mol. The third-order valence-electron chi connectivity index (χ3n) is 3.03. The van der Waals surface area contributed by atoms with Gasteiger partial charge < -0.3 is 5.11 Å². The quantitative estimate of drug-likeness (QED) is 0.608. The number of aliphatic hydroxyl groups is 1. The molecule has 0 aromatic rings. The second-order valence-corrected chi connectivity index (χ2v) is 12.6. The summed E-state index contributed by atoms with van der Waals surface area (Å²) in [5.74, 6) is 0. The summed E-state index contributed by atoms with van der Waals surface area (Å²) >= 11 is 0. The van der Waals surface area contributed by atoms with Crippen LogP contribution in [0.4, 0.5) is 0 Å². The molecule has 100 valence electrons. The molecule has 0 spiro atoms. The standard InChI is InChI=1S/C15H25NOSi/c1-14(2)7-12(8-15(3,17)11-14)13(9-16)10-18(4,5)6/h8,10,17H,7,11H2,1-6H3/b13-10+. The Bertz CT molecular complexity index is 430. The van der Waals surface area contributed by atoms with E-state index in [4.69, 9.17) is 0 Å². The first-order valence-corrected chi connectivity index (χ1v) is 10.1. The molecule has 0 radical (unpaired) electrons. The fraction of sp³-hybridized carbons (Fsp3) is 0.667. The van der Waals surface area contributed by atoms with Crippen molar-refractivity contribution in [2.45, 2.75) is 58.9 Å². The number of rotatable bonds is 2. The Morgan fingerprint density at radius 3 is 2.33 bits per heavy atom. The van der Waals surface area contributed by atoms with Crippen molar-refractivity contribution < 1.29 is 5.11 Å². The SMILES string of the molecule is CC1(O)C=C(/C(C#N)=C/[Si](C)(C)C)CC(C)(C)C1. The van der Waals surface area contributed by atoms with Crippen LogP contribution in [0.1, 0.15) is 33.6 Å². The molecule has 1 atom stereocenters. The van der Waals surface area contributed by atoms with E-state index in [0.717, 1.165) is 24.0 Å². The minimum atomic E-state index is -1.42. The van der Waals surface area contributed by atoms with Crippen LogP contribution in [0.15, 0.2) is 22.9 Å². The molecular formula is C15H25NOSi. The maximum Gasteiger partial charge on any atom is 0.0986 e. The second kappa shape index (κ2) is 4.68. The zero-order valence-electron chi connectivity index (χ0n) is 12.5. The third-order valence-corrected chi connectivity index (χ3v) is 4.19. The van der Waals surface area contributed by atoms with E-state index in [-0.39, 0.29) is 5.41 Å². The normalized spacial score (nSPS) is 28.6. The lowest BCUT2D eigenvalue weighted by molar-refractivity contribution is 0.0485. The highest BCUT2D eigenvalue weighted by Crippen LogP contribution is 2.42. The fourth-order valence-electron chi connectivity index (χ4n) is 2.83. The molecule has 0 fully saturated rings. The van der Waals surface area contributed by atoms with Gasteiger partial charge in [-0.05, 0) is 36.8 Å². The average molecular weight is 263 g/mol. The molecule has 0 amide bonds. The Labute approximate surface area is 112 Å². The summed E-state index contributed by atoms with van der Waals surface area (Å²) < 4.78 is 0. The van der Waals surface area contributed by atoms with Crippen molar-refractivity contribution in [3.05, 3.63) is 22.9 Å². The molecule has 1 rings (SSSR count). The first-order valence-electron chi connectivity index (χ1n) is 6.52. The van der Waals surface area contributed by atoms with Gasteiger partial charge in [-0.1, -0.05) is 39.2 Å². The number of hydrogen-bond acceptors (Lipinski definition) is 2. The van der Waals surface area contributed by atoms with Crippen LogP contribution in [0.3, 0.4) is 0 Å². The highest BCUT2D eigenvalue weighted by molar-refractivity contribution is 6.81. The van der Waals surface area contributed by atoms with Crippen molar-refractivity contribution in [3.8, 4) is 6.07 Å². The number of nitrogens with zero attached hydrogens (tertiary/aromatic N) is 1. The van der Waals surface area contributed by atoms with Crippen LogP contribution in [0.5, 0.6) is 0 Å². The lowest BCUT2D eigenvalue weighted by atomic mass is 9.70. The Kier molecular flexibility index (Phi) is 3.95. The van der Waals surface area contributed by atoms with E-state index in [0.29, 0.717) is 0 Å². The van der Waals surface area contributed by atoms with Crippen molar-refractivity contribution in [2.24, 2.45) is 5.41 Å². The topological polar surface area (TPSA) is 44.0 Å². The van der Waals surface area contributed by atoms with Crippen LogP contribution in [0.2, 0.25) is 19.6 Å². The number of allylic oxidation sites excluding steroid dienone is 2. The van der Waals surface area contributed by atoms with Gasteiger partial charge in [0.2, 0.25) is 0 Å². The Morgan fingerprint density at radius 1 is 1.39 bits per heavy atom. The molecule has 1 N–H and O–H groups in total. The summed E-state index contributed by atoms with van der Waals surface area (Å²) in [6.45, 7) is 12.8. The molecule has 1 aliphatic rings. The lowest BCUT2D eigenvalue weighted by Gasteiger charge is -2.38. The lowest BCUT2D eigenvalue weighted by Crippen LogP contribution is -2.34. The van der Waals surface area contributed by atoms with Crippen LogP contribution in [-0.4, -0.2) is 18.8 Å². The van der Waals surface area contributed by atoms with E-state index in [1.54, 1.807) is 0 Å². The van der Waals surface area contributed by atoms with Gasteiger partial charge in [-0.25, -0.2) is 0 Å². The zero-order chi connectivity index (χ0) is 14.2. The minimum Gasteiger partial charge on any atom is -0.386 e. The van der Waals surface area contributed by atoms with Gasteiger partial charge >= 0.3 is 0 Å². The highest BCUT2D eigenvalue weighted by Gasteiger charge is 2.35. The zero-order valence-corrected chi connectivity index (χ0v) is 13.5. The smallest absolute Gasteiger partial charge is 0.0986 e. The van der Waals surface area contributed by atoms with Crippen molar-refractivity contribution in [1.29, 1.82) is 5.26 Å². The Hall–Kier alpha value is -0.853. The molecule has 0 aromatic carbocycles. The summed E-state index contributed by atoms with van der Waals surface area (Å²) in [5.41, 5.74) is 3.16. The van der Waals surface area contributed by atoms with E-state index >= 15 is 0 Å². The number of nitriles is 1. The van der Waals surface area contributed by atoms with Crippen LogP contribution >= 0.6 is 0 Å². The summed E-state index contributed by atoms with van der Waals surface area (Å²) in [6, 6.07) is 2.32. The van der Waals surface area contributed by atoms with E-state index in [1.807, 2.05) is 13.0 Å². The van der Waals surface area contributed by atoms with Gasteiger partial charge in [0.25, 0.3) is 0 Å². The molecule has 2 nitrogen and oxygen atoms in total. The highest BCUT2D eigenvalue weighted by atomic mass is 28.3. The van der Waals surface area contributed by atoms with Crippen molar-refractivity contribution in [3.63, 3.8) is 0 Å². The van der Waals surface area contributed by atoms with E-state index in [2.05, 4.69) is 45.3 Å². The predicted molar refractivity (Wildman–Crippen MR) is 78.8 cm³/mol. The van der Waals surface area contributed by atoms with Crippen LogP contribution in [0, 0.1) is 16.7 Å². The van der Waals surface area contributed by atoms with Gasteiger partial charge in [-0.3, -0.25) is 0 Å². The Balaban J connectivity index is 3.20.